The van der Waals surface area contributed by atoms with E-state index in [9.17, 15) is 4.79 Å². The summed E-state index contributed by atoms with van der Waals surface area (Å²) in [6.45, 7) is 8.08. The Bertz CT molecular complexity index is 667. The van der Waals surface area contributed by atoms with Crippen molar-refractivity contribution >= 4 is 5.91 Å². The lowest BCUT2D eigenvalue weighted by Crippen LogP contribution is -2.49. The average Bonchev–Trinajstić information content (AvgIpc) is 3.03. The lowest BCUT2D eigenvalue weighted by Gasteiger charge is -2.41. The molecular formula is C19H26N4O. The highest BCUT2D eigenvalue weighted by atomic mass is 16.2. The van der Waals surface area contributed by atoms with Crippen molar-refractivity contribution in [1.29, 1.82) is 0 Å². The monoisotopic (exact) mass is 326 g/mol. The smallest absolute Gasteiger partial charge is 0.219 e. The van der Waals surface area contributed by atoms with Crippen LogP contribution in [0, 0.1) is 0 Å². The van der Waals surface area contributed by atoms with Crippen molar-refractivity contribution in [3.8, 4) is 0 Å². The maximum Gasteiger partial charge on any atom is 0.219 e. The highest BCUT2D eigenvalue weighted by Crippen LogP contribution is 2.27. The highest BCUT2D eigenvalue weighted by molar-refractivity contribution is 5.73. The molecule has 1 aromatic carbocycles. The molecule has 5 nitrogen and oxygen atoms in total. The van der Waals surface area contributed by atoms with Crippen LogP contribution in [0.4, 0.5) is 0 Å². The van der Waals surface area contributed by atoms with Crippen LogP contribution in [0.2, 0.25) is 0 Å². The Hall–Kier alpha value is -2.14. The van der Waals surface area contributed by atoms with E-state index in [0.29, 0.717) is 0 Å². The van der Waals surface area contributed by atoms with E-state index in [1.165, 1.54) is 11.1 Å². The van der Waals surface area contributed by atoms with Gasteiger partial charge in [-0.15, -0.1) is 0 Å². The summed E-state index contributed by atoms with van der Waals surface area (Å²) < 4.78 is 2.01. The first kappa shape index (κ1) is 16.7. The normalized spacial score (nSPS) is 18.8. The number of amides is 1. The molecule has 24 heavy (non-hydrogen) atoms. The summed E-state index contributed by atoms with van der Waals surface area (Å²) in [7, 11) is 0. The standard InChI is InChI=1S/C19H26N4O/c1-3-9-23-14-17(12-20-23)13-22-11-10-21(16(2)24)15-19(22)18-7-5-4-6-8-18/h4-8,12,14,19H,3,9-11,13,15H2,1-2H3/t19-/m1/s1. The summed E-state index contributed by atoms with van der Waals surface area (Å²) >= 11 is 0. The van der Waals surface area contributed by atoms with E-state index in [-0.39, 0.29) is 11.9 Å². The van der Waals surface area contributed by atoms with Gasteiger partial charge in [0.25, 0.3) is 0 Å². The number of hydrogen-bond donors (Lipinski definition) is 0. The van der Waals surface area contributed by atoms with Crippen molar-refractivity contribution in [3.63, 3.8) is 0 Å². The van der Waals surface area contributed by atoms with Crippen LogP contribution < -0.4 is 0 Å². The number of rotatable bonds is 5. The summed E-state index contributed by atoms with van der Waals surface area (Å²) in [6.07, 6.45) is 5.20. The van der Waals surface area contributed by atoms with Gasteiger partial charge in [0.05, 0.1) is 12.2 Å². The minimum absolute atomic E-state index is 0.159. The Morgan fingerprint density at radius 2 is 2.04 bits per heavy atom. The first-order valence-corrected chi connectivity index (χ1v) is 8.73. The second kappa shape index (κ2) is 7.62. The molecule has 0 saturated carbocycles. The van der Waals surface area contributed by atoms with Gasteiger partial charge in [-0.2, -0.15) is 5.10 Å². The predicted molar refractivity (Wildman–Crippen MR) is 94.4 cm³/mol. The largest absolute Gasteiger partial charge is 0.340 e. The van der Waals surface area contributed by atoms with Gasteiger partial charge in [0.2, 0.25) is 5.91 Å². The second-order valence-corrected chi connectivity index (χ2v) is 6.47. The molecule has 1 aromatic heterocycles. The third-order valence-electron chi connectivity index (χ3n) is 4.65. The first-order chi connectivity index (χ1) is 11.7. The molecule has 0 unspecified atom stereocenters. The van der Waals surface area contributed by atoms with Gasteiger partial charge in [0.1, 0.15) is 0 Å². The fourth-order valence-corrected chi connectivity index (χ4v) is 3.36. The number of carbonyl (C=O) groups excluding carboxylic acids is 1. The van der Waals surface area contributed by atoms with Crippen LogP contribution >= 0.6 is 0 Å². The molecular weight excluding hydrogens is 300 g/mol. The maximum atomic E-state index is 11.8. The number of aryl methyl sites for hydroxylation is 1. The Labute approximate surface area is 143 Å². The summed E-state index contributed by atoms with van der Waals surface area (Å²) in [6, 6.07) is 10.7. The molecule has 3 rings (SSSR count). The molecule has 128 valence electrons. The maximum absolute atomic E-state index is 11.8. The number of carbonyl (C=O) groups is 1. The lowest BCUT2D eigenvalue weighted by molar-refractivity contribution is -0.132. The quantitative estimate of drug-likeness (QED) is 0.848. The van der Waals surface area contributed by atoms with E-state index in [1.54, 1.807) is 6.92 Å². The molecule has 1 atom stereocenters. The number of aromatic nitrogens is 2. The van der Waals surface area contributed by atoms with Crippen molar-refractivity contribution in [2.75, 3.05) is 19.6 Å². The SMILES string of the molecule is CCCn1cc(CN2CCN(C(C)=O)C[C@@H]2c2ccccc2)cn1. The highest BCUT2D eigenvalue weighted by Gasteiger charge is 2.29. The van der Waals surface area contributed by atoms with E-state index in [2.05, 4.69) is 47.4 Å². The Balaban J connectivity index is 1.77. The first-order valence-electron chi connectivity index (χ1n) is 8.73. The fraction of sp³-hybridized carbons (Fsp3) is 0.474. The van der Waals surface area contributed by atoms with Crippen molar-refractivity contribution in [2.45, 2.75) is 39.4 Å². The molecule has 0 aliphatic carbocycles. The van der Waals surface area contributed by atoms with Crippen LogP contribution in [0.1, 0.15) is 37.4 Å². The molecule has 2 heterocycles. The van der Waals surface area contributed by atoms with Gasteiger partial charge in [0, 0.05) is 51.4 Å². The Morgan fingerprint density at radius 3 is 2.75 bits per heavy atom. The molecule has 1 aliphatic rings. The van der Waals surface area contributed by atoms with Gasteiger partial charge in [-0.05, 0) is 12.0 Å². The molecule has 0 spiro atoms. The van der Waals surface area contributed by atoms with Gasteiger partial charge in [-0.3, -0.25) is 14.4 Å². The Morgan fingerprint density at radius 1 is 1.25 bits per heavy atom. The number of nitrogens with zero attached hydrogens (tertiary/aromatic N) is 4. The summed E-state index contributed by atoms with van der Waals surface area (Å²) in [4.78, 5) is 16.2. The van der Waals surface area contributed by atoms with Crippen molar-refractivity contribution in [3.05, 3.63) is 53.9 Å². The van der Waals surface area contributed by atoms with Crippen LogP contribution in [0.25, 0.3) is 0 Å². The van der Waals surface area contributed by atoms with E-state index < -0.39 is 0 Å². The topological polar surface area (TPSA) is 41.4 Å². The van der Waals surface area contributed by atoms with Gasteiger partial charge < -0.3 is 4.90 Å². The van der Waals surface area contributed by atoms with Crippen LogP contribution in [0.5, 0.6) is 0 Å². The Kier molecular flexibility index (Phi) is 5.30. The molecule has 1 aliphatic heterocycles. The second-order valence-electron chi connectivity index (χ2n) is 6.47. The van der Waals surface area contributed by atoms with Crippen LogP contribution in [-0.4, -0.2) is 45.1 Å². The van der Waals surface area contributed by atoms with Gasteiger partial charge >= 0.3 is 0 Å². The van der Waals surface area contributed by atoms with Crippen LogP contribution in [0.15, 0.2) is 42.7 Å². The molecule has 0 radical (unpaired) electrons. The van der Waals surface area contributed by atoms with Crippen molar-refractivity contribution < 1.29 is 4.79 Å². The van der Waals surface area contributed by atoms with Gasteiger partial charge in [-0.25, -0.2) is 0 Å². The van der Waals surface area contributed by atoms with E-state index in [4.69, 9.17) is 0 Å². The lowest BCUT2D eigenvalue weighted by atomic mass is 10.0. The summed E-state index contributed by atoms with van der Waals surface area (Å²) in [5, 5.41) is 4.44. The molecule has 0 bridgehead atoms. The zero-order valence-electron chi connectivity index (χ0n) is 14.6. The molecule has 5 heteroatoms. The van der Waals surface area contributed by atoms with Gasteiger partial charge in [-0.1, -0.05) is 37.3 Å². The fourth-order valence-electron chi connectivity index (χ4n) is 3.36. The van der Waals surface area contributed by atoms with Crippen LogP contribution in [-0.2, 0) is 17.9 Å². The van der Waals surface area contributed by atoms with Gasteiger partial charge in [0.15, 0.2) is 0 Å². The summed E-state index contributed by atoms with van der Waals surface area (Å²) in [5.74, 6) is 0.159. The van der Waals surface area contributed by atoms with E-state index in [1.807, 2.05) is 21.8 Å². The van der Waals surface area contributed by atoms with Crippen molar-refractivity contribution in [2.24, 2.45) is 0 Å². The minimum atomic E-state index is 0.159. The third-order valence-corrected chi connectivity index (χ3v) is 4.65. The number of piperazine rings is 1. The molecule has 1 saturated heterocycles. The zero-order valence-corrected chi connectivity index (χ0v) is 14.6. The third kappa shape index (κ3) is 3.85. The predicted octanol–water partition coefficient (Wildman–Crippen LogP) is 2.70. The average molecular weight is 326 g/mol. The molecule has 2 aromatic rings. The zero-order chi connectivity index (χ0) is 16.9. The number of hydrogen-bond acceptors (Lipinski definition) is 3. The van der Waals surface area contributed by atoms with E-state index in [0.717, 1.165) is 39.1 Å². The minimum Gasteiger partial charge on any atom is -0.340 e. The van der Waals surface area contributed by atoms with Crippen molar-refractivity contribution in [1.82, 2.24) is 19.6 Å². The number of benzene rings is 1. The molecule has 1 fully saturated rings. The van der Waals surface area contributed by atoms with Crippen LogP contribution in [0.3, 0.4) is 0 Å². The van der Waals surface area contributed by atoms with E-state index >= 15 is 0 Å². The molecule has 1 amide bonds. The molecule has 0 N–H and O–H groups in total. The summed E-state index contributed by atoms with van der Waals surface area (Å²) in [5.41, 5.74) is 2.50.